The number of hydrogen-bond donors (Lipinski definition) is 1. The minimum atomic E-state index is -0.496. The second-order valence-corrected chi connectivity index (χ2v) is 9.54. The molecule has 2 aromatic carbocycles. The molecule has 1 amide bonds. The molecule has 0 saturated heterocycles. The van der Waals surface area contributed by atoms with E-state index in [-0.39, 0.29) is 17.6 Å². The van der Waals surface area contributed by atoms with Gasteiger partial charge in [-0.1, -0.05) is 78.4 Å². The fraction of sp³-hybridized carbons (Fsp3) is 0.360. The predicted molar refractivity (Wildman–Crippen MR) is 134 cm³/mol. The molecule has 174 valence electrons. The summed E-state index contributed by atoms with van der Waals surface area (Å²) < 4.78 is 5.18. The summed E-state index contributed by atoms with van der Waals surface area (Å²) in [6.07, 6.45) is 3.81. The minimum absolute atomic E-state index is 0.0677. The predicted octanol–water partition coefficient (Wildman–Crippen LogP) is 5.07. The third kappa shape index (κ3) is 8.29. The summed E-state index contributed by atoms with van der Waals surface area (Å²) in [4.78, 5) is 24.6. The SMILES string of the molecule is CCOC(=O)C(SCC(=O)NCCCCCc1nnc(-c2ccccc2)s1)c1ccccc1. The monoisotopic (exact) mass is 483 g/mol. The number of esters is 1. The Morgan fingerprint density at radius 1 is 1.00 bits per heavy atom. The number of nitrogens with one attached hydrogen (secondary N) is 1. The molecule has 0 aliphatic carbocycles. The first-order valence-corrected chi connectivity index (χ1v) is 13.0. The van der Waals surface area contributed by atoms with Crippen molar-refractivity contribution in [2.24, 2.45) is 0 Å². The summed E-state index contributed by atoms with van der Waals surface area (Å²) in [7, 11) is 0. The van der Waals surface area contributed by atoms with Gasteiger partial charge in [0.2, 0.25) is 5.91 Å². The highest BCUT2D eigenvalue weighted by molar-refractivity contribution is 8.00. The highest BCUT2D eigenvalue weighted by Gasteiger charge is 2.23. The molecule has 1 atom stereocenters. The molecule has 1 heterocycles. The molecule has 8 heteroatoms. The summed E-state index contributed by atoms with van der Waals surface area (Å²) in [6, 6.07) is 19.5. The number of nitrogens with zero attached hydrogens (tertiary/aromatic N) is 2. The molecule has 0 spiro atoms. The molecule has 1 N–H and O–H groups in total. The molecule has 33 heavy (non-hydrogen) atoms. The number of thioether (sulfide) groups is 1. The Labute approximate surface area is 203 Å². The number of unbranched alkanes of at least 4 members (excludes halogenated alkanes) is 2. The van der Waals surface area contributed by atoms with Gasteiger partial charge in [0.25, 0.3) is 0 Å². The van der Waals surface area contributed by atoms with Crippen LogP contribution < -0.4 is 5.32 Å². The second-order valence-electron chi connectivity index (χ2n) is 7.38. The Balaban J connectivity index is 1.32. The van der Waals surface area contributed by atoms with Crippen molar-refractivity contribution in [1.29, 1.82) is 0 Å². The van der Waals surface area contributed by atoms with Gasteiger partial charge in [-0.05, 0) is 25.3 Å². The van der Waals surface area contributed by atoms with Crippen LogP contribution in [0.1, 0.15) is 42.0 Å². The van der Waals surface area contributed by atoms with Gasteiger partial charge in [0.15, 0.2) is 0 Å². The first-order chi connectivity index (χ1) is 16.2. The molecule has 1 aromatic heterocycles. The Hall–Kier alpha value is -2.71. The fourth-order valence-corrected chi connectivity index (χ4v) is 5.07. The van der Waals surface area contributed by atoms with E-state index in [2.05, 4.69) is 15.5 Å². The third-order valence-electron chi connectivity index (χ3n) is 4.86. The lowest BCUT2D eigenvalue weighted by Crippen LogP contribution is -2.27. The van der Waals surface area contributed by atoms with Crippen LogP contribution in [0.2, 0.25) is 0 Å². The summed E-state index contributed by atoms with van der Waals surface area (Å²) >= 11 is 2.93. The smallest absolute Gasteiger partial charge is 0.323 e. The molecule has 1 unspecified atom stereocenters. The maximum atomic E-state index is 12.3. The van der Waals surface area contributed by atoms with Crippen LogP contribution in [0.4, 0.5) is 0 Å². The molecule has 3 aromatic rings. The average Bonchev–Trinajstić information content (AvgIpc) is 3.32. The van der Waals surface area contributed by atoms with Crippen LogP contribution in [0.25, 0.3) is 10.6 Å². The van der Waals surface area contributed by atoms with Crippen LogP contribution in [0.3, 0.4) is 0 Å². The highest BCUT2D eigenvalue weighted by atomic mass is 32.2. The van der Waals surface area contributed by atoms with E-state index in [1.54, 1.807) is 18.3 Å². The molecule has 0 aliphatic heterocycles. The summed E-state index contributed by atoms with van der Waals surface area (Å²) in [5, 5.41) is 13.0. The normalized spacial score (nSPS) is 11.7. The van der Waals surface area contributed by atoms with Crippen LogP contribution in [0.15, 0.2) is 60.7 Å². The molecule has 0 aliphatic rings. The fourth-order valence-electron chi connectivity index (χ4n) is 3.21. The van der Waals surface area contributed by atoms with Gasteiger partial charge in [-0.25, -0.2) is 0 Å². The van der Waals surface area contributed by atoms with Gasteiger partial charge >= 0.3 is 5.97 Å². The van der Waals surface area contributed by atoms with E-state index in [9.17, 15) is 9.59 Å². The minimum Gasteiger partial charge on any atom is -0.465 e. The van der Waals surface area contributed by atoms with Crippen molar-refractivity contribution in [2.45, 2.75) is 37.9 Å². The van der Waals surface area contributed by atoms with Crippen molar-refractivity contribution in [3.8, 4) is 10.6 Å². The van der Waals surface area contributed by atoms with Gasteiger partial charge in [0.05, 0.1) is 12.4 Å². The molecule has 0 bridgehead atoms. The van der Waals surface area contributed by atoms with Crippen molar-refractivity contribution in [3.05, 3.63) is 71.2 Å². The number of benzene rings is 2. The van der Waals surface area contributed by atoms with E-state index in [1.165, 1.54) is 11.8 Å². The van der Waals surface area contributed by atoms with Crippen molar-refractivity contribution in [3.63, 3.8) is 0 Å². The molecule has 3 rings (SSSR count). The number of rotatable bonds is 13. The van der Waals surface area contributed by atoms with Gasteiger partial charge in [-0.3, -0.25) is 9.59 Å². The summed E-state index contributed by atoms with van der Waals surface area (Å²) in [5.74, 6) is -0.165. The molecule has 6 nitrogen and oxygen atoms in total. The molecule has 0 radical (unpaired) electrons. The van der Waals surface area contributed by atoms with Gasteiger partial charge < -0.3 is 10.1 Å². The first kappa shape index (κ1) is 24.9. The Bertz CT molecular complexity index is 996. The van der Waals surface area contributed by atoms with Crippen LogP contribution in [-0.2, 0) is 20.7 Å². The standard InChI is InChI=1S/C25H29N3O3S2/c1-2-31-25(30)23(19-12-6-3-7-13-19)32-18-21(29)26-17-11-5-10-16-22-27-28-24(33-22)20-14-8-4-9-15-20/h3-4,6-9,12-15,23H,2,5,10-11,16-18H2,1H3,(H,26,29). The number of amides is 1. The highest BCUT2D eigenvalue weighted by Crippen LogP contribution is 2.30. The summed E-state index contributed by atoms with van der Waals surface area (Å²) in [6.45, 7) is 2.73. The van der Waals surface area contributed by atoms with E-state index in [1.807, 2.05) is 60.7 Å². The van der Waals surface area contributed by atoms with Gasteiger partial charge in [-0.2, -0.15) is 0 Å². The number of carbonyl (C=O) groups excluding carboxylic acids is 2. The molecule has 0 fully saturated rings. The maximum absolute atomic E-state index is 12.3. The zero-order chi connectivity index (χ0) is 23.3. The Morgan fingerprint density at radius 3 is 2.45 bits per heavy atom. The van der Waals surface area contributed by atoms with Crippen molar-refractivity contribution in [1.82, 2.24) is 15.5 Å². The maximum Gasteiger partial charge on any atom is 0.323 e. The molecular formula is C25H29N3O3S2. The molecule has 0 saturated carbocycles. The lowest BCUT2D eigenvalue weighted by molar-refractivity contribution is -0.142. The van der Waals surface area contributed by atoms with Crippen LogP contribution >= 0.6 is 23.1 Å². The van der Waals surface area contributed by atoms with E-state index < -0.39 is 5.25 Å². The third-order valence-corrected chi connectivity index (χ3v) is 7.12. The van der Waals surface area contributed by atoms with Crippen molar-refractivity contribution in [2.75, 3.05) is 18.9 Å². The number of carbonyl (C=O) groups is 2. The Morgan fingerprint density at radius 2 is 1.73 bits per heavy atom. The van der Waals surface area contributed by atoms with Gasteiger partial charge in [-0.15, -0.1) is 22.0 Å². The van der Waals surface area contributed by atoms with E-state index in [0.29, 0.717) is 13.2 Å². The van der Waals surface area contributed by atoms with Crippen LogP contribution in [0, 0.1) is 0 Å². The van der Waals surface area contributed by atoms with Gasteiger partial charge in [0, 0.05) is 18.5 Å². The number of hydrogen-bond acceptors (Lipinski definition) is 7. The first-order valence-electron chi connectivity index (χ1n) is 11.1. The van der Waals surface area contributed by atoms with Crippen molar-refractivity contribution >= 4 is 35.0 Å². The lowest BCUT2D eigenvalue weighted by atomic mass is 10.1. The number of aromatic nitrogens is 2. The van der Waals surface area contributed by atoms with Crippen LogP contribution in [0.5, 0.6) is 0 Å². The number of aryl methyl sites for hydroxylation is 1. The topological polar surface area (TPSA) is 81.2 Å². The zero-order valence-electron chi connectivity index (χ0n) is 18.7. The van der Waals surface area contributed by atoms with Gasteiger partial charge in [0.1, 0.15) is 15.3 Å². The Kier molecular flexibility index (Phi) is 10.4. The van der Waals surface area contributed by atoms with E-state index >= 15 is 0 Å². The van der Waals surface area contributed by atoms with E-state index in [4.69, 9.17) is 4.74 Å². The lowest BCUT2D eigenvalue weighted by Gasteiger charge is -2.15. The summed E-state index contributed by atoms with van der Waals surface area (Å²) in [5.41, 5.74) is 1.94. The second kappa shape index (κ2) is 13.7. The number of ether oxygens (including phenoxy) is 1. The quantitative estimate of drug-likeness (QED) is 0.270. The molecular weight excluding hydrogens is 454 g/mol. The van der Waals surface area contributed by atoms with E-state index in [0.717, 1.165) is 46.8 Å². The zero-order valence-corrected chi connectivity index (χ0v) is 20.4. The largest absolute Gasteiger partial charge is 0.465 e. The van der Waals surface area contributed by atoms with Crippen LogP contribution in [-0.4, -0.2) is 41.0 Å². The average molecular weight is 484 g/mol. The van der Waals surface area contributed by atoms with Crippen molar-refractivity contribution < 1.29 is 14.3 Å².